The van der Waals surface area contributed by atoms with Gasteiger partial charge in [-0.05, 0) is 152 Å². The van der Waals surface area contributed by atoms with Gasteiger partial charge in [0.05, 0.1) is 30.5 Å². The lowest BCUT2D eigenvalue weighted by molar-refractivity contribution is -0.269. The van der Waals surface area contributed by atoms with E-state index in [1.54, 1.807) is 0 Å². The molecule has 2 heterocycles. The third-order valence-electron chi connectivity index (χ3n) is 21.8. The number of hydrogen-bond acceptors (Lipinski definition) is 6. The largest absolute Gasteiger partial charge is 0.481 e. The maximum absolute atomic E-state index is 15.7. The number of morpholine rings is 1. The summed E-state index contributed by atoms with van der Waals surface area (Å²) in [6, 6.07) is 0.334. The van der Waals surface area contributed by atoms with Crippen molar-refractivity contribution in [2.24, 2.45) is 78.8 Å². The van der Waals surface area contributed by atoms with Gasteiger partial charge in [0.25, 0.3) is 0 Å². The van der Waals surface area contributed by atoms with Crippen molar-refractivity contribution in [2.45, 2.75) is 171 Å². The number of ether oxygens (including phenoxy) is 2. The van der Waals surface area contributed by atoms with E-state index in [0.717, 1.165) is 90.8 Å². The van der Waals surface area contributed by atoms with Gasteiger partial charge < -0.3 is 19.5 Å². The Morgan fingerprint density at radius 2 is 1.33 bits per heavy atom. The molecule has 9 fully saturated rings. The quantitative estimate of drug-likeness (QED) is 0.257. The molecule has 2 aliphatic heterocycles. The third-order valence-corrected chi connectivity index (χ3v) is 21.8. The molecule has 0 aromatic carbocycles. The van der Waals surface area contributed by atoms with Crippen molar-refractivity contribution in [1.29, 1.82) is 0 Å². The lowest BCUT2D eigenvalue weighted by Gasteiger charge is -2.75. The minimum Gasteiger partial charge on any atom is -0.481 e. The Hall–Kier alpha value is -1.67. The molecule has 8 nitrogen and oxygen atoms in total. The van der Waals surface area contributed by atoms with Gasteiger partial charge >= 0.3 is 11.9 Å². The van der Waals surface area contributed by atoms with Gasteiger partial charge in [0, 0.05) is 37.6 Å². The fourth-order valence-electron chi connectivity index (χ4n) is 18.0. The number of carbonyl (C=O) groups excluding carboxylic acids is 2. The van der Waals surface area contributed by atoms with Gasteiger partial charge in [-0.15, -0.1) is 0 Å². The first kappa shape index (κ1) is 40.7. The number of hydrogen-bond donors (Lipinski definition) is 1. The number of carboxylic acid groups (broad SMARTS) is 1. The average molecular weight is 791 g/mol. The van der Waals surface area contributed by atoms with Gasteiger partial charge in [-0.2, -0.15) is 0 Å². The van der Waals surface area contributed by atoms with Gasteiger partial charge in [0.1, 0.15) is 6.10 Å². The Bertz CT molecular complexity index is 1650. The van der Waals surface area contributed by atoms with Crippen LogP contribution in [0.2, 0.25) is 0 Å². The first-order valence-corrected chi connectivity index (χ1v) is 23.8. The summed E-state index contributed by atoms with van der Waals surface area (Å²) >= 11 is 0. The van der Waals surface area contributed by atoms with Crippen LogP contribution in [-0.4, -0.2) is 84.3 Å². The van der Waals surface area contributed by atoms with Crippen LogP contribution in [0, 0.1) is 78.8 Å². The monoisotopic (exact) mass is 791 g/mol. The number of rotatable bonds is 7. The minimum atomic E-state index is -0.805. The number of esters is 1. The van der Waals surface area contributed by atoms with Crippen LogP contribution in [0.15, 0.2) is 0 Å². The molecule has 7 saturated carbocycles. The fraction of sp³-hybridized carbons (Fsp3) is 0.939. The van der Waals surface area contributed by atoms with E-state index < -0.39 is 17.3 Å². The summed E-state index contributed by atoms with van der Waals surface area (Å²) in [6.07, 6.45) is 16.5. The van der Waals surface area contributed by atoms with E-state index in [-0.39, 0.29) is 50.5 Å². The SMILES string of the molecule is CC1([C@@H]2CC[C@]3(C(=O)N4CCC[C@H]4CN4CCOCC4)CC[C@]4(C)[C@H](CC[C@@H]5[C@@]6(C)CC[C@H](OC(=O)[C@H]7C[C@@H](C(=O)O)C7(C)C)C(C)(C)[C@@H]6CC[C@]54C)[C@@]23C)CC1. The third kappa shape index (κ3) is 5.44. The summed E-state index contributed by atoms with van der Waals surface area (Å²) in [5.74, 6) is 0.926. The highest BCUT2D eigenvalue weighted by atomic mass is 16.5. The highest BCUT2D eigenvalue weighted by molar-refractivity contribution is 5.85. The fourth-order valence-corrected chi connectivity index (χ4v) is 18.0. The Morgan fingerprint density at radius 3 is 2.00 bits per heavy atom. The molecule has 1 amide bonds. The molecule has 8 heteroatoms. The average Bonchev–Trinajstić information content (AvgIpc) is 3.56. The van der Waals surface area contributed by atoms with Crippen molar-refractivity contribution in [3.05, 3.63) is 0 Å². The maximum Gasteiger partial charge on any atom is 0.309 e. The number of carboxylic acids is 1. The van der Waals surface area contributed by atoms with Crippen LogP contribution in [0.5, 0.6) is 0 Å². The molecule has 9 rings (SSSR count). The number of carbonyl (C=O) groups is 3. The van der Waals surface area contributed by atoms with E-state index in [4.69, 9.17) is 9.47 Å². The molecule has 0 unspecified atom stereocenters. The smallest absolute Gasteiger partial charge is 0.309 e. The molecule has 0 spiro atoms. The van der Waals surface area contributed by atoms with Crippen LogP contribution in [-0.2, 0) is 23.9 Å². The maximum atomic E-state index is 15.7. The summed E-state index contributed by atoms with van der Waals surface area (Å²) < 4.78 is 12.2. The normalized spacial score (nSPS) is 49.4. The van der Waals surface area contributed by atoms with Gasteiger partial charge in [0.2, 0.25) is 5.91 Å². The van der Waals surface area contributed by atoms with E-state index in [1.807, 2.05) is 13.8 Å². The lowest BCUT2D eigenvalue weighted by Crippen LogP contribution is -2.70. The molecule has 7 aliphatic carbocycles. The molecular formula is C49H78N2O6. The predicted octanol–water partition coefficient (Wildman–Crippen LogP) is 9.24. The molecule has 0 aromatic heterocycles. The Morgan fingerprint density at radius 1 is 0.667 bits per heavy atom. The molecule has 13 atom stereocenters. The Kier molecular flexibility index (Phi) is 9.41. The van der Waals surface area contributed by atoms with Crippen LogP contribution in [0.25, 0.3) is 0 Å². The van der Waals surface area contributed by atoms with Crippen molar-refractivity contribution >= 4 is 17.8 Å². The molecular weight excluding hydrogens is 713 g/mol. The molecule has 320 valence electrons. The van der Waals surface area contributed by atoms with Gasteiger partial charge in [-0.25, -0.2) is 0 Å². The molecule has 0 bridgehead atoms. The van der Waals surface area contributed by atoms with Crippen LogP contribution in [0.4, 0.5) is 0 Å². The summed E-state index contributed by atoms with van der Waals surface area (Å²) in [6.45, 7) is 27.4. The lowest BCUT2D eigenvalue weighted by atomic mass is 9.30. The highest BCUT2D eigenvalue weighted by Gasteiger charge is 2.78. The minimum absolute atomic E-state index is 0.000250. The van der Waals surface area contributed by atoms with E-state index in [1.165, 1.54) is 38.5 Å². The molecule has 0 radical (unpaired) electrons. The van der Waals surface area contributed by atoms with Crippen LogP contribution in [0.1, 0.15) is 159 Å². The first-order chi connectivity index (χ1) is 26.7. The topological polar surface area (TPSA) is 96.4 Å². The Labute approximate surface area is 344 Å². The number of aliphatic carboxylic acids is 1. The highest BCUT2D eigenvalue weighted by Crippen LogP contribution is 2.83. The van der Waals surface area contributed by atoms with Crippen molar-refractivity contribution in [3.63, 3.8) is 0 Å². The molecule has 2 saturated heterocycles. The zero-order chi connectivity index (χ0) is 40.8. The molecule has 57 heavy (non-hydrogen) atoms. The summed E-state index contributed by atoms with van der Waals surface area (Å²) in [5, 5.41) is 9.72. The predicted molar refractivity (Wildman–Crippen MR) is 221 cm³/mol. The van der Waals surface area contributed by atoms with E-state index in [9.17, 15) is 14.7 Å². The second-order valence-electron chi connectivity index (χ2n) is 24.2. The standard InChI is InChI=1S/C49H78N2O6/c1-42(2)32(39(52)53)29-33(42)40(54)57-38-16-17-45(6)34(43(38,3)4)14-18-46(7)36(45)12-13-37-47(46,8)22-23-49(19-15-35(48(37,49)9)44(5)20-21-44)41(55)51-24-10-11-31(51)30-50-25-27-56-28-26-50/h31-38H,10-30H2,1-9H3,(H,52,53)/t31-,32-,33+,34-,35-,36+,37-,38-,45-,46+,47+,48+,49+/m0/s1. The van der Waals surface area contributed by atoms with Crippen molar-refractivity contribution in [1.82, 2.24) is 9.80 Å². The number of fused-ring (bicyclic) bond motifs is 7. The summed E-state index contributed by atoms with van der Waals surface area (Å²) in [7, 11) is 0. The van der Waals surface area contributed by atoms with E-state index in [0.29, 0.717) is 47.5 Å². The first-order valence-electron chi connectivity index (χ1n) is 23.8. The van der Waals surface area contributed by atoms with Crippen molar-refractivity contribution in [3.8, 4) is 0 Å². The van der Waals surface area contributed by atoms with E-state index >= 15 is 4.79 Å². The molecule has 0 aromatic rings. The number of likely N-dealkylation sites (tertiary alicyclic amines) is 1. The summed E-state index contributed by atoms with van der Waals surface area (Å²) in [5.41, 5.74) is -0.116. The second-order valence-corrected chi connectivity index (χ2v) is 24.2. The van der Waals surface area contributed by atoms with Crippen LogP contribution in [0.3, 0.4) is 0 Å². The van der Waals surface area contributed by atoms with Crippen molar-refractivity contribution < 1.29 is 29.0 Å². The number of amides is 1. The molecule has 9 aliphatic rings. The van der Waals surface area contributed by atoms with E-state index in [2.05, 4.69) is 58.3 Å². The summed E-state index contributed by atoms with van der Waals surface area (Å²) in [4.78, 5) is 46.2. The zero-order valence-electron chi connectivity index (χ0n) is 37.4. The number of nitrogens with zero attached hydrogens (tertiary/aromatic N) is 2. The van der Waals surface area contributed by atoms with Crippen molar-refractivity contribution in [2.75, 3.05) is 39.4 Å². The van der Waals surface area contributed by atoms with Gasteiger partial charge in [0.15, 0.2) is 0 Å². The van der Waals surface area contributed by atoms with Gasteiger partial charge in [-0.3, -0.25) is 19.3 Å². The Balaban J connectivity index is 0.986. The van der Waals surface area contributed by atoms with Gasteiger partial charge in [-0.1, -0.05) is 62.3 Å². The van der Waals surface area contributed by atoms with Crippen LogP contribution < -0.4 is 0 Å². The zero-order valence-corrected chi connectivity index (χ0v) is 37.4. The molecule has 1 N–H and O–H groups in total. The van der Waals surface area contributed by atoms with Crippen LogP contribution >= 0.6 is 0 Å². The second kappa shape index (κ2) is 13.2.